The number of hydrogen-bond acceptors (Lipinski definition) is 5. The van der Waals surface area contributed by atoms with Gasteiger partial charge in [0.2, 0.25) is 5.91 Å². The second-order valence-electron chi connectivity index (χ2n) is 6.62. The summed E-state index contributed by atoms with van der Waals surface area (Å²) in [4.78, 5) is 25.9. The largest absolute Gasteiger partial charge is 0.353 e. The molecule has 2 N–H and O–H groups in total. The van der Waals surface area contributed by atoms with Gasteiger partial charge < -0.3 is 10.6 Å². The first-order valence-electron chi connectivity index (χ1n) is 9.39. The maximum Gasteiger partial charge on any atom is 0.262 e. The first-order valence-corrected chi connectivity index (χ1v) is 11.9. The number of rotatable bonds is 9. The van der Waals surface area contributed by atoms with Crippen LogP contribution in [0.3, 0.4) is 0 Å². The van der Waals surface area contributed by atoms with Crippen molar-refractivity contribution in [3.8, 4) is 0 Å². The van der Waals surface area contributed by atoms with Crippen molar-refractivity contribution in [2.24, 2.45) is 0 Å². The summed E-state index contributed by atoms with van der Waals surface area (Å²) < 4.78 is 24.8. The van der Waals surface area contributed by atoms with Gasteiger partial charge in [0.15, 0.2) is 9.84 Å². The average Bonchev–Trinajstić information content (AvgIpc) is 3.29. The summed E-state index contributed by atoms with van der Waals surface area (Å²) in [7, 11) is -3.50. The molecule has 3 aromatic rings. The van der Waals surface area contributed by atoms with Crippen LogP contribution in [-0.4, -0.2) is 38.6 Å². The molecule has 1 aromatic heterocycles. The van der Waals surface area contributed by atoms with Crippen molar-refractivity contribution in [1.29, 1.82) is 0 Å². The number of thiophene rings is 1. The number of carbonyl (C=O) groups is 2. The smallest absolute Gasteiger partial charge is 0.262 e. The van der Waals surface area contributed by atoms with Gasteiger partial charge in [0, 0.05) is 13.0 Å². The van der Waals surface area contributed by atoms with Gasteiger partial charge in [-0.3, -0.25) is 9.59 Å². The lowest BCUT2D eigenvalue weighted by molar-refractivity contribution is -0.122. The standard InChI is InChI=1S/C22H22N2O4S2/c25-21(23-13-15-30(27,28)18-10-5-2-6-11-18)19(16-17-8-3-1-4-9-17)24-22(26)20-12-7-14-29-20/h1-12,14,19H,13,15-16H2,(H,23,25)(H,24,26). The van der Waals surface area contributed by atoms with Crippen LogP contribution in [0.4, 0.5) is 0 Å². The minimum absolute atomic E-state index is 0.0454. The van der Waals surface area contributed by atoms with Crippen molar-refractivity contribution >= 4 is 33.0 Å². The van der Waals surface area contributed by atoms with E-state index in [2.05, 4.69) is 10.6 Å². The molecule has 1 atom stereocenters. The maximum atomic E-state index is 12.8. The van der Waals surface area contributed by atoms with Gasteiger partial charge >= 0.3 is 0 Å². The zero-order valence-electron chi connectivity index (χ0n) is 16.2. The van der Waals surface area contributed by atoms with E-state index in [-0.39, 0.29) is 23.1 Å². The molecule has 0 saturated carbocycles. The summed E-state index contributed by atoms with van der Waals surface area (Å²) in [5.74, 6) is -0.982. The van der Waals surface area contributed by atoms with Crippen LogP contribution < -0.4 is 10.6 Å². The number of nitrogens with one attached hydrogen (secondary N) is 2. The predicted octanol–water partition coefficient (Wildman–Crippen LogP) is 2.68. The van der Waals surface area contributed by atoms with Crippen LogP contribution in [0.25, 0.3) is 0 Å². The van der Waals surface area contributed by atoms with Gasteiger partial charge in [0.05, 0.1) is 15.5 Å². The molecule has 0 saturated heterocycles. The third-order valence-electron chi connectivity index (χ3n) is 4.42. The lowest BCUT2D eigenvalue weighted by Gasteiger charge is -2.18. The van der Waals surface area contributed by atoms with Crippen molar-refractivity contribution in [1.82, 2.24) is 10.6 Å². The van der Waals surface area contributed by atoms with E-state index >= 15 is 0 Å². The molecule has 3 rings (SSSR count). The molecule has 0 aliphatic heterocycles. The first-order chi connectivity index (χ1) is 14.5. The molecule has 6 nitrogen and oxygen atoms in total. The molecule has 1 unspecified atom stereocenters. The molecule has 0 bridgehead atoms. The Hall–Kier alpha value is -2.97. The average molecular weight is 443 g/mol. The number of amides is 2. The molecule has 1 heterocycles. The van der Waals surface area contributed by atoms with E-state index in [0.717, 1.165) is 5.56 Å². The SMILES string of the molecule is O=C(NC(Cc1ccccc1)C(=O)NCCS(=O)(=O)c1ccccc1)c1cccs1. The third-order valence-corrected chi connectivity index (χ3v) is 7.02. The molecule has 30 heavy (non-hydrogen) atoms. The monoisotopic (exact) mass is 442 g/mol. The normalized spacial score (nSPS) is 12.1. The summed E-state index contributed by atoms with van der Waals surface area (Å²) >= 11 is 1.29. The molecule has 8 heteroatoms. The van der Waals surface area contributed by atoms with Crippen molar-refractivity contribution < 1.29 is 18.0 Å². The number of benzene rings is 2. The highest BCUT2D eigenvalue weighted by Gasteiger charge is 2.23. The Bertz CT molecular complexity index is 1070. The Morgan fingerprint density at radius 2 is 1.57 bits per heavy atom. The highest BCUT2D eigenvalue weighted by atomic mass is 32.2. The van der Waals surface area contributed by atoms with Crippen molar-refractivity contribution in [2.75, 3.05) is 12.3 Å². The Kier molecular flexibility index (Phi) is 7.37. The fourth-order valence-corrected chi connectivity index (χ4v) is 4.68. The molecule has 0 fully saturated rings. The van der Waals surface area contributed by atoms with Crippen LogP contribution in [0.2, 0.25) is 0 Å². The third kappa shape index (κ3) is 6.01. The highest BCUT2D eigenvalue weighted by molar-refractivity contribution is 7.91. The van der Waals surface area contributed by atoms with E-state index in [0.29, 0.717) is 11.3 Å². The van der Waals surface area contributed by atoms with E-state index in [1.165, 1.54) is 23.5 Å². The van der Waals surface area contributed by atoms with Crippen molar-refractivity contribution in [3.63, 3.8) is 0 Å². The minimum atomic E-state index is -3.50. The van der Waals surface area contributed by atoms with Crippen LogP contribution in [0.5, 0.6) is 0 Å². The van der Waals surface area contributed by atoms with Crippen molar-refractivity contribution in [3.05, 3.63) is 88.6 Å². The van der Waals surface area contributed by atoms with E-state index in [4.69, 9.17) is 0 Å². The number of carbonyl (C=O) groups excluding carboxylic acids is 2. The van der Waals surface area contributed by atoms with Gasteiger partial charge in [-0.1, -0.05) is 54.6 Å². The fraction of sp³-hybridized carbons (Fsp3) is 0.182. The summed E-state index contributed by atoms with van der Waals surface area (Å²) in [6, 6.07) is 20.1. The maximum absolute atomic E-state index is 12.8. The summed E-state index contributed by atoms with van der Waals surface area (Å²) in [6.45, 7) is -0.0454. The van der Waals surface area contributed by atoms with E-state index in [1.54, 1.807) is 35.7 Å². The zero-order chi connectivity index (χ0) is 21.4. The molecule has 2 amide bonds. The van der Waals surface area contributed by atoms with Crippen LogP contribution in [0.15, 0.2) is 83.1 Å². The van der Waals surface area contributed by atoms with E-state index in [1.807, 2.05) is 30.3 Å². The Labute approximate surface area is 179 Å². The molecular formula is C22H22N2O4S2. The Morgan fingerprint density at radius 1 is 0.900 bits per heavy atom. The molecule has 0 aliphatic rings. The topological polar surface area (TPSA) is 92.3 Å². The quantitative estimate of drug-likeness (QED) is 0.533. The molecular weight excluding hydrogens is 420 g/mol. The van der Waals surface area contributed by atoms with Crippen molar-refractivity contribution in [2.45, 2.75) is 17.4 Å². The highest BCUT2D eigenvalue weighted by Crippen LogP contribution is 2.11. The van der Waals surface area contributed by atoms with Gasteiger partial charge in [-0.25, -0.2) is 8.42 Å². The summed E-state index contributed by atoms with van der Waals surface area (Å²) in [6.07, 6.45) is 0.301. The summed E-state index contributed by atoms with van der Waals surface area (Å²) in [5.41, 5.74) is 0.890. The van der Waals surface area contributed by atoms with Crippen LogP contribution >= 0.6 is 11.3 Å². The Morgan fingerprint density at radius 3 is 2.20 bits per heavy atom. The first kappa shape index (κ1) is 21.7. The predicted molar refractivity (Wildman–Crippen MR) is 117 cm³/mol. The lowest BCUT2D eigenvalue weighted by atomic mass is 10.1. The van der Waals surface area contributed by atoms with Gasteiger partial charge in [-0.15, -0.1) is 11.3 Å². The Balaban J connectivity index is 1.64. The minimum Gasteiger partial charge on any atom is -0.353 e. The molecule has 2 aromatic carbocycles. The summed E-state index contributed by atoms with van der Waals surface area (Å²) in [5, 5.41) is 7.19. The fourth-order valence-electron chi connectivity index (χ4n) is 2.87. The molecule has 0 spiro atoms. The number of sulfone groups is 1. The van der Waals surface area contributed by atoms with E-state index in [9.17, 15) is 18.0 Å². The molecule has 0 aliphatic carbocycles. The van der Waals surface area contributed by atoms with Gasteiger partial charge in [-0.05, 0) is 29.1 Å². The van der Waals surface area contributed by atoms with Gasteiger partial charge in [0.25, 0.3) is 5.91 Å². The van der Waals surface area contributed by atoms with Gasteiger partial charge in [0.1, 0.15) is 6.04 Å². The van der Waals surface area contributed by atoms with E-state index < -0.39 is 21.8 Å². The molecule has 0 radical (unpaired) electrons. The zero-order valence-corrected chi connectivity index (χ0v) is 17.8. The van der Waals surface area contributed by atoms with Crippen LogP contribution in [-0.2, 0) is 21.1 Å². The second-order valence-corrected chi connectivity index (χ2v) is 9.67. The van der Waals surface area contributed by atoms with Crippen LogP contribution in [0.1, 0.15) is 15.2 Å². The number of hydrogen-bond donors (Lipinski definition) is 2. The lowest BCUT2D eigenvalue weighted by Crippen LogP contribution is -2.48. The van der Waals surface area contributed by atoms with Gasteiger partial charge in [-0.2, -0.15) is 0 Å². The second kappa shape index (κ2) is 10.2. The molecule has 156 valence electrons. The van der Waals surface area contributed by atoms with Crippen LogP contribution in [0, 0.1) is 0 Å².